The summed E-state index contributed by atoms with van der Waals surface area (Å²) < 4.78 is 0. The molecule has 0 amide bonds. The maximum absolute atomic E-state index is 12.5. The van der Waals surface area contributed by atoms with Gasteiger partial charge in [0.1, 0.15) is 6.04 Å². The first kappa shape index (κ1) is 14.0. The molecule has 102 valence electrons. The van der Waals surface area contributed by atoms with Crippen LogP contribution < -0.4 is 5.73 Å². The molecule has 20 heavy (non-hydrogen) atoms. The number of hydrogen-bond acceptors (Lipinski definition) is 3. The van der Waals surface area contributed by atoms with E-state index in [1.807, 2.05) is 0 Å². The number of aliphatic carboxylic acids is 1. The van der Waals surface area contributed by atoms with E-state index in [9.17, 15) is 9.59 Å². The summed E-state index contributed by atoms with van der Waals surface area (Å²) in [6.07, 6.45) is 0. The Kier molecular flexibility index (Phi) is 4.27. The molecule has 0 aliphatic carbocycles. The highest BCUT2D eigenvalue weighted by Gasteiger charge is 2.32. The molecule has 0 heterocycles. The summed E-state index contributed by atoms with van der Waals surface area (Å²) in [5, 5.41) is 9.13. The molecule has 2 aromatic rings. The van der Waals surface area contributed by atoms with Gasteiger partial charge >= 0.3 is 5.97 Å². The lowest BCUT2D eigenvalue weighted by Gasteiger charge is -2.20. The fourth-order valence-corrected chi connectivity index (χ4v) is 2.11. The first-order valence-electron chi connectivity index (χ1n) is 6.24. The number of carboxylic acids is 1. The largest absolute Gasteiger partial charge is 0.480 e. The van der Waals surface area contributed by atoms with Crippen molar-refractivity contribution >= 4 is 11.8 Å². The Labute approximate surface area is 116 Å². The molecule has 0 saturated carbocycles. The van der Waals surface area contributed by atoms with Gasteiger partial charge in [-0.15, -0.1) is 0 Å². The van der Waals surface area contributed by atoms with Crippen molar-refractivity contribution < 1.29 is 14.7 Å². The molecule has 0 fully saturated rings. The van der Waals surface area contributed by atoms with Crippen LogP contribution in [0, 0.1) is 0 Å². The Bertz CT molecular complexity index is 596. The summed E-state index contributed by atoms with van der Waals surface area (Å²) in [5.74, 6) is -2.37. The number of carbonyl (C=O) groups is 2. The summed E-state index contributed by atoms with van der Waals surface area (Å²) in [5.41, 5.74) is 6.77. The zero-order valence-electron chi connectivity index (χ0n) is 10.8. The number of benzene rings is 2. The van der Waals surface area contributed by atoms with Gasteiger partial charge in [-0.2, -0.15) is 0 Å². The van der Waals surface area contributed by atoms with Crippen molar-refractivity contribution in [1.82, 2.24) is 0 Å². The van der Waals surface area contributed by atoms with E-state index in [4.69, 9.17) is 10.8 Å². The Morgan fingerprint density at radius 3 is 1.90 bits per heavy atom. The van der Waals surface area contributed by atoms with Gasteiger partial charge in [0, 0.05) is 5.56 Å². The van der Waals surface area contributed by atoms with Crippen molar-refractivity contribution in [3.63, 3.8) is 0 Å². The molecule has 0 aliphatic rings. The lowest BCUT2D eigenvalue weighted by molar-refractivity contribution is -0.138. The topological polar surface area (TPSA) is 80.4 Å². The molecule has 2 rings (SSSR count). The van der Waals surface area contributed by atoms with E-state index in [-0.39, 0.29) is 5.78 Å². The third-order valence-electron chi connectivity index (χ3n) is 3.14. The highest BCUT2D eigenvalue weighted by Crippen LogP contribution is 2.24. The van der Waals surface area contributed by atoms with Crippen LogP contribution in [0.25, 0.3) is 0 Å². The van der Waals surface area contributed by atoms with Crippen LogP contribution in [-0.2, 0) is 4.79 Å². The molecule has 4 heteroatoms. The number of rotatable bonds is 5. The van der Waals surface area contributed by atoms with Crippen molar-refractivity contribution in [3.8, 4) is 0 Å². The van der Waals surface area contributed by atoms with Gasteiger partial charge in [0.05, 0.1) is 5.92 Å². The van der Waals surface area contributed by atoms with Crippen LogP contribution in [0.3, 0.4) is 0 Å². The lowest BCUT2D eigenvalue weighted by atomic mass is 9.85. The molecule has 0 spiro atoms. The first-order valence-corrected chi connectivity index (χ1v) is 6.24. The van der Waals surface area contributed by atoms with Crippen molar-refractivity contribution in [2.24, 2.45) is 5.73 Å². The average Bonchev–Trinajstić information content (AvgIpc) is 2.49. The number of nitrogens with two attached hydrogens (primary N) is 1. The van der Waals surface area contributed by atoms with E-state index >= 15 is 0 Å². The van der Waals surface area contributed by atoms with Crippen molar-refractivity contribution in [2.75, 3.05) is 0 Å². The minimum atomic E-state index is -1.27. The van der Waals surface area contributed by atoms with E-state index in [0.29, 0.717) is 11.1 Å². The third-order valence-corrected chi connectivity index (χ3v) is 3.14. The highest BCUT2D eigenvalue weighted by molar-refractivity contribution is 6.03. The summed E-state index contributed by atoms with van der Waals surface area (Å²) in [6.45, 7) is 0. The number of carbonyl (C=O) groups excluding carboxylic acids is 1. The van der Waals surface area contributed by atoms with E-state index < -0.39 is 17.9 Å². The van der Waals surface area contributed by atoms with Gasteiger partial charge in [-0.1, -0.05) is 60.7 Å². The summed E-state index contributed by atoms with van der Waals surface area (Å²) >= 11 is 0. The molecular formula is C16H15NO3. The number of carboxylic acid groups (broad SMARTS) is 1. The maximum Gasteiger partial charge on any atom is 0.321 e. The molecule has 3 N–H and O–H groups in total. The minimum Gasteiger partial charge on any atom is -0.480 e. The summed E-state index contributed by atoms with van der Waals surface area (Å²) in [6, 6.07) is 16.1. The van der Waals surface area contributed by atoms with Gasteiger partial charge in [0.15, 0.2) is 5.78 Å². The molecule has 0 radical (unpaired) electrons. The van der Waals surface area contributed by atoms with E-state index in [0.717, 1.165) is 0 Å². The maximum atomic E-state index is 12.5. The molecule has 2 atom stereocenters. The third kappa shape index (κ3) is 2.92. The van der Waals surface area contributed by atoms with Gasteiger partial charge < -0.3 is 10.8 Å². The number of ketones is 1. The zero-order chi connectivity index (χ0) is 14.5. The SMILES string of the molecule is NC(C(=O)O)[C@H](C(=O)c1ccccc1)c1ccccc1. The van der Waals surface area contributed by atoms with Crippen LogP contribution in [0.15, 0.2) is 60.7 Å². The van der Waals surface area contributed by atoms with Crippen LogP contribution in [0.4, 0.5) is 0 Å². The molecular weight excluding hydrogens is 254 g/mol. The molecule has 1 unspecified atom stereocenters. The predicted octanol–water partition coefficient (Wildman–Crippen LogP) is 2.06. The van der Waals surface area contributed by atoms with Crippen LogP contribution in [0.5, 0.6) is 0 Å². The molecule has 0 saturated heterocycles. The average molecular weight is 269 g/mol. The second-order valence-corrected chi connectivity index (χ2v) is 4.48. The van der Waals surface area contributed by atoms with Gasteiger partial charge in [-0.05, 0) is 5.56 Å². The second-order valence-electron chi connectivity index (χ2n) is 4.48. The van der Waals surface area contributed by atoms with E-state index in [1.165, 1.54) is 0 Å². The smallest absolute Gasteiger partial charge is 0.321 e. The van der Waals surface area contributed by atoms with E-state index in [2.05, 4.69) is 0 Å². The summed E-state index contributed by atoms with van der Waals surface area (Å²) in [7, 11) is 0. The van der Waals surface area contributed by atoms with Gasteiger partial charge in [-0.25, -0.2) is 0 Å². The zero-order valence-corrected chi connectivity index (χ0v) is 10.8. The monoisotopic (exact) mass is 269 g/mol. The van der Waals surface area contributed by atoms with Crippen molar-refractivity contribution in [2.45, 2.75) is 12.0 Å². The van der Waals surface area contributed by atoms with Crippen LogP contribution in [0.2, 0.25) is 0 Å². The number of hydrogen-bond donors (Lipinski definition) is 2. The number of Topliss-reactive ketones (excluding diaryl/α,β-unsaturated/α-hetero) is 1. The van der Waals surface area contributed by atoms with Crippen LogP contribution in [0.1, 0.15) is 21.8 Å². The molecule has 4 nitrogen and oxygen atoms in total. The Morgan fingerprint density at radius 2 is 1.40 bits per heavy atom. The minimum absolute atomic E-state index is 0.285. The Hall–Kier alpha value is -2.46. The quantitative estimate of drug-likeness (QED) is 0.814. The fourth-order valence-electron chi connectivity index (χ4n) is 2.11. The standard InChI is InChI=1S/C16H15NO3/c17-14(16(19)20)13(11-7-3-1-4-8-11)15(18)12-9-5-2-6-10-12/h1-10,13-14H,17H2,(H,19,20)/t13-,14?/m1/s1. The van der Waals surface area contributed by atoms with Gasteiger partial charge in [0.2, 0.25) is 0 Å². The highest BCUT2D eigenvalue weighted by atomic mass is 16.4. The predicted molar refractivity (Wildman–Crippen MR) is 75.6 cm³/mol. The Balaban J connectivity index is 2.42. The molecule has 0 bridgehead atoms. The van der Waals surface area contributed by atoms with Crippen molar-refractivity contribution in [1.29, 1.82) is 0 Å². The Morgan fingerprint density at radius 1 is 0.900 bits per heavy atom. The second kappa shape index (κ2) is 6.12. The van der Waals surface area contributed by atoms with Gasteiger partial charge in [0.25, 0.3) is 0 Å². The van der Waals surface area contributed by atoms with Crippen molar-refractivity contribution in [3.05, 3.63) is 71.8 Å². The lowest BCUT2D eigenvalue weighted by Crippen LogP contribution is -2.40. The molecule has 2 aromatic carbocycles. The molecule has 0 aliphatic heterocycles. The normalized spacial score (nSPS) is 13.4. The van der Waals surface area contributed by atoms with Crippen LogP contribution >= 0.6 is 0 Å². The van der Waals surface area contributed by atoms with Crippen LogP contribution in [-0.4, -0.2) is 22.9 Å². The first-order chi connectivity index (χ1) is 9.61. The molecule has 0 aromatic heterocycles. The summed E-state index contributed by atoms with van der Waals surface area (Å²) in [4.78, 5) is 23.7. The van der Waals surface area contributed by atoms with Gasteiger partial charge in [-0.3, -0.25) is 9.59 Å². The van der Waals surface area contributed by atoms with E-state index in [1.54, 1.807) is 60.7 Å². The fraction of sp³-hybridized carbons (Fsp3) is 0.125.